The normalized spacial score (nSPS) is 23.1. The third-order valence-corrected chi connectivity index (χ3v) is 5.32. The second-order valence-electron chi connectivity index (χ2n) is 6.96. The molecule has 0 bridgehead atoms. The minimum Gasteiger partial charge on any atom is -0.460 e. The highest BCUT2D eigenvalue weighted by atomic mass is 31.2. The third kappa shape index (κ3) is 8.14. The molecule has 0 spiro atoms. The summed E-state index contributed by atoms with van der Waals surface area (Å²) < 4.78 is 44.0. The van der Waals surface area contributed by atoms with Crippen molar-refractivity contribution in [3.05, 3.63) is 0 Å². The van der Waals surface area contributed by atoms with Gasteiger partial charge in [0.25, 0.3) is 0 Å². The van der Waals surface area contributed by atoms with Gasteiger partial charge in [0, 0.05) is 20.6 Å². The molecular weight excluding hydrogens is 367 g/mol. The first-order chi connectivity index (χ1) is 12.1. The number of carbonyl (C=O) groups excluding carboxylic acids is 2. The van der Waals surface area contributed by atoms with Crippen molar-refractivity contribution in [3.63, 3.8) is 0 Å². The summed E-state index contributed by atoms with van der Waals surface area (Å²) in [4.78, 5) is 23.0. The van der Waals surface area contributed by atoms with Crippen molar-refractivity contribution in [1.29, 1.82) is 0 Å². The summed E-state index contributed by atoms with van der Waals surface area (Å²) in [6.45, 7) is 6.03. The molecule has 10 heteroatoms. The van der Waals surface area contributed by atoms with Gasteiger partial charge < -0.3 is 18.9 Å². The van der Waals surface area contributed by atoms with Gasteiger partial charge in [0.05, 0.1) is 11.6 Å². The van der Waals surface area contributed by atoms with E-state index in [4.69, 9.17) is 28.0 Å². The summed E-state index contributed by atoms with van der Waals surface area (Å²) in [5.74, 6) is -0.944. The molecular formula is C16H29O9P. The van der Waals surface area contributed by atoms with E-state index in [1.165, 1.54) is 14.0 Å². The molecule has 152 valence electrons. The van der Waals surface area contributed by atoms with Crippen molar-refractivity contribution in [2.45, 2.75) is 52.7 Å². The Morgan fingerprint density at radius 3 is 2.42 bits per heavy atom. The molecule has 0 amide bonds. The summed E-state index contributed by atoms with van der Waals surface area (Å²) in [5, 5.41) is 0. The molecule has 1 saturated heterocycles. The van der Waals surface area contributed by atoms with Crippen molar-refractivity contribution in [3.8, 4) is 0 Å². The standard InChI is InChI=1S/C16H29O9P/c1-12(17)25-13-7-6-8-21-14(13)9-26(19,23-10-20-5)24-11-22-15(18)16(2,3)4/h13-14H,6-11H2,1-5H3. The highest BCUT2D eigenvalue weighted by molar-refractivity contribution is 7.53. The lowest BCUT2D eigenvalue weighted by molar-refractivity contribution is -0.162. The Balaban J connectivity index is 2.71. The molecule has 0 aromatic carbocycles. The Hall–Kier alpha value is -0.990. The summed E-state index contributed by atoms with van der Waals surface area (Å²) in [6.07, 6.45) is -0.0218. The fourth-order valence-electron chi connectivity index (χ4n) is 2.20. The van der Waals surface area contributed by atoms with E-state index in [0.717, 1.165) is 6.42 Å². The molecule has 3 atom stereocenters. The Labute approximate surface area is 154 Å². The molecule has 1 fully saturated rings. The van der Waals surface area contributed by atoms with Crippen LogP contribution < -0.4 is 0 Å². The predicted molar refractivity (Wildman–Crippen MR) is 91.5 cm³/mol. The molecule has 26 heavy (non-hydrogen) atoms. The Morgan fingerprint density at radius 2 is 1.85 bits per heavy atom. The van der Waals surface area contributed by atoms with Crippen LogP contribution in [0.2, 0.25) is 0 Å². The molecule has 0 aromatic rings. The van der Waals surface area contributed by atoms with E-state index in [2.05, 4.69) is 0 Å². The first kappa shape index (κ1) is 23.0. The van der Waals surface area contributed by atoms with Crippen LogP contribution in [0.5, 0.6) is 0 Å². The molecule has 1 aliphatic heterocycles. The van der Waals surface area contributed by atoms with Gasteiger partial charge in [-0.1, -0.05) is 0 Å². The molecule has 0 N–H and O–H groups in total. The zero-order chi connectivity index (χ0) is 19.8. The summed E-state index contributed by atoms with van der Waals surface area (Å²) in [7, 11) is -2.33. The third-order valence-electron chi connectivity index (χ3n) is 3.52. The van der Waals surface area contributed by atoms with Crippen LogP contribution >= 0.6 is 7.60 Å². The monoisotopic (exact) mass is 396 g/mol. The molecule has 9 nitrogen and oxygen atoms in total. The molecule has 1 rings (SSSR count). The lowest BCUT2D eigenvalue weighted by Crippen LogP contribution is -2.40. The first-order valence-corrected chi connectivity index (χ1v) is 10.1. The van der Waals surface area contributed by atoms with Crippen molar-refractivity contribution in [2.75, 3.05) is 33.5 Å². The zero-order valence-corrected chi connectivity index (χ0v) is 16.9. The van der Waals surface area contributed by atoms with Gasteiger partial charge in [0.15, 0.2) is 6.79 Å². The largest absolute Gasteiger partial charge is 0.460 e. The quantitative estimate of drug-likeness (QED) is 0.330. The van der Waals surface area contributed by atoms with E-state index in [1.807, 2.05) is 0 Å². The fraction of sp³-hybridized carbons (Fsp3) is 0.875. The topological polar surface area (TPSA) is 107 Å². The number of ether oxygens (including phenoxy) is 4. The minimum atomic E-state index is -3.71. The Bertz CT molecular complexity index is 514. The zero-order valence-electron chi connectivity index (χ0n) is 16.0. The van der Waals surface area contributed by atoms with Crippen molar-refractivity contribution >= 4 is 19.5 Å². The SMILES string of the molecule is COCOP(=O)(CC1OCCCC1OC(C)=O)OCOC(=O)C(C)(C)C. The van der Waals surface area contributed by atoms with Crippen LogP contribution in [-0.4, -0.2) is 57.6 Å². The van der Waals surface area contributed by atoms with Crippen LogP contribution in [-0.2, 0) is 42.1 Å². The van der Waals surface area contributed by atoms with Gasteiger partial charge in [-0.15, -0.1) is 0 Å². The van der Waals surface area contributed by atoms with E-state index in [1.54, 1.807) is 20.8 Å². The highest BCUT2D eigenvalue weighted by Crippen LogP contribution is 2.50. The first-order valence-electron chi connectivity index (χ1n) is 8.40. The average molecular weight is 396 g/mol. The maximum atomic E-state index is 13.0. The van der Waals surface area contributed by atoms with Crippen LogP contribution in [0.4, 0.5) is 0 Å². The second kappa shape index (κ2) is 10.4. The van der Waals surface area contributed by atoms with Gasteiger partial charge in [-0.05, 0) is 33.6 Å². The van der Waals surface area contributed by atoms with E-state index >= 15 is 0 Å². The molecule has 3 unspecified atom stereocenters. The van der Waals surface area contributed by atoms with Crippen LogP contribution in [0.25, 0.3) is 0 Å². The molecule has 0 aliphatic carbocycles. The van der Waals surface area contributed by atoms with Gasteiger partial charge in [-0.2, -0.15) is 0 Å². The number of methoxy groups -OCH3 is 1. The lowest BCUT2D eigenvalue weighted by atomic mass is 9.98. The summed E-state index contributed by atoms with van der Waals surface area (Å²) in [6, 6.07) is 0. The Morgan fingerprint density at radius 1 is 1.19 bits per heavy atom. The lowest BCUT2D eigenvalue weighted by Gasteiger charge is -2.32. The maximum Gasteiger partial charge on any atom is 0.338 e. The molecule has 0 aromatic heterocycles. The van der Waals surface area contributed by atoms with E-state index in [0.29, 0.717) is 13.0 Å². The van der Waals surface area contributed by atoms with E-state index in [-0.39, 0.29) is 13.0 Å². The van der Waals surface area contributed by atoms with Gasteiger partial charge in [-0.25, -0.2) is 0 Å². The van der Waals surface area contributed by atoms with Crippen molar-refractivity contribution < 1.29 is 42.1 Å². The van der Waals surface area contributed by atoms with Gasteiger partial charge in [0.2, 0.25) is 6.79 Å². The average Bonchev–Trinajstić information content (AvgIpc) is 2.53. The Kier molecular flexibility index (Phi) is 9.19. The second-order valence-corrected chi connectivity index (χ2v) is 9.06. The number of hydrogen-bond donors (Lipinski definition) is 0. The van der Waals surface area contributed by atoms with Crippen molar-refractivity contribution in [2.24, 2.45) is 5.41 Å². The van der Waals surface area contributed by atoms with Crippen LogP contribution in [0, 0.1) is 5.41 Å². The predicted octanol–water partition coefficient (Wildman–Crippen LogP) is 2.47. The molecule has 1 heterocycles. The summed E-state index contributed by atoms with van der Waals surface area (Å²) >= 11 is 0. The smallest absolute Gasteiger partial charge is 0.338 e. The molecule has 0 saturated carbocycles. The van der Waals surface area contributed by atoms with Crippen LogP contribution in [0.1, 0.15) is 40.5 Å². The van der Waals surface area contributed by atoms with Crippen LogP contribution in [0.15, 0.2) is 0 Å². The number of esters is 2. The molecule has 1 aliphatic rings. The van der Waals surface area contributed by atoms with Gasteiger partial charge in [0.1, 0.15) is 12.2 Å². The number of rotatable bonds is 9. The molecule has 0 radical (unpaired) electrons. The van der Waals surface area contributed by atoms with Crippen molar-refractivity contribution in [1.82, 2.24) is 0 Å². The minimum absolute atomic E-state index is 0.151. The van der Waals surface area contributed by atoms with E-state index < -0.39 is 44.0 Å². The maximum absolute atomic E-state index is 13.0. The summed E-state index contributed by atoms with van der Waals surface area (Å²) in [5.41, 5.74) is -0.715. The van der Waals surface area contributed by atoms with Gasteiger partial charge in [-0.3, -0.25) is 23.2 Å². The van der Waals surface area contributed by atoms with E-state index in [9.17, 15) is 14.2 Å². The number of carbonyl (C=O) groups is 2. The highest BCUT2D eigenvalue weighted by Gasteiger charge is 2.38. The number of hydrogen-bond acceptors (Lipinski definition) is 9. The fourth-order valence-corrected chi connectivity index (χ4v) is 3.75. The van der Waals surface area contributed by atoms with Crippen LogP contribution in [0.3, 0.4) is 0 Å². The van der Waals surface area contributed by atoms with Gasteiger partial charge >= 0.3 is 19.5 Å².